The van der Waals surface area contributed by atoms with Gasteiger partial charge in [-0.1, -0.05) is 24.3 Å². The summed E-state index contributed by atoms with van der Waals surface area (Å²) in [6.07, 6.45) is 0. The summed E-state index contributed by atoms with van der Waals surface area (Å²) in [5.74, 6) is 0.904. The first-order chi connectivity index (χ1) is 14.6. The second-order valence-corrected chi connectivity index (χ2v) is 7.56. The van der Waals surface area contributed by atoms with E-state index >= 15 is 0 Å². The van der Waals surface area contributed by atoms with Crippen molar-refractivity contribution in [2.24, 2.45) is 0 Å². The van der Waals surface area contributed by atoms with Gasteiger partial charge in [-0.25, -0.2) is 4.68 Å². The normalized spacial score (nSPS) is 10.6. The highest BCUT2D eigenvalue weighted by atomic mass is 32.1. The van der Waals surface area contributed by atoms with Gasteiger partial charge in [0.15, 0.2) is 11.5 Å². The number of carbonyl (C=O) groups excluding carboxylic acids is 1. The number of benzene rings is 2. The number of rotatable bonds is 6. The number of hydrogen-bond donors (Lipinski definition) is 1. The molecule has 0 saturated carbocycles. The summed E-state index contributed by atoms with van der Waals surface area (Å²) in [4.78, 5) is 14.3. The molecule has 6 nitrogen and oxygen atoms in total. The molecule has 30 heavy (non-hydrogen) atoms. The minimum Gasteiger partial charge on any atom is -0.493 e. The van der Waals surface area contributed by atoms with Crippen molar-refractivity contribution in [1.82, 2.24) is 9.78 Å². The van der Waals surface area contributed by atoms with Gasteiger partial charge in [0.25, 0.3) is 5.91 Å². The second-order valence-electron chi connectivity index (χ2n) is 6.62. The summed E-state index contributed by atoms with van der Waals surface area (Å²) < 4.78 is 12.4. The van der Waals surface area contributed by atoms with Crippen molar-refractivity contribution in [3.05, 3.63) is 77.3 Å². The summed E-state index contributed by atoms with van der Waals surface area (Å²) in [6.45, 7) is 1.91. The third kappa shape index (κ3) is 3.79. The van der Waals surface area contributed by atoms with E-state index in [0.717, 1.165) is 21.8 Å². The summed E-state index contributed by atoms with van der Waals surface area (Å²) in [5.41, 5.74) is 3.53. The van der Waals surface area contributed by atoms with Crippen molar-refractivity contribution in [3.63, 3.8) is 0 Å². The van der Waals surface area contributed by atoms with Crippen molar-refractivity contribution in [2.45, 2.75) is 6.92 Å². The highest BCUT2D eigenvalue weighted by molar-refractivity contribution is 7.13. The lowest BCUT2D eigenvalue weighted by Gasteiger charge is -2.14. The molecule has 0 aliphatic heterocycles. The number of nitrogens with one attached hydrogen (secondary N) is 1. The minimum absolute atomic E-state index is 0.260. The third-order valence-electron chi connectivity index (χ3n) is 4.70. The van der Waals surface area contributed by atoms with Gasteiger partial charge in [0.2, 0.25) is 0 Å². The molecule has 0 fully saturated rings. The monoisotopic (exact) mass is 419 g/mol. The zero-order chi connectivity index (χ0) is 21.1. The number of methoxy groups -OCH3 is 2. The Bertz CT molecular complexity index is 1170. The molecule has 0 aliphatic rings. The number of ether oxygens (including phenoxy) is 2. The summed E-state index contributed by atoms with van der Waals surface area (Å²) >= 11 is 1.58. The summed E-state index contributed by atoms with van der Waals surface area (Å²) in [5, 5.41) is 9.67. The molecule has 0 unspecified atom stereocenters. The van der Waals surface area contributed by atoms with E-state index in [0.29, 0.717) is 22.9 Å². The van der Waals surface area contributed by atoms with Crippen LogP contribution in [0.25, 0.3) is 16.3 Å². The van der Waals surface area contributed by atoms with Crippen LogP contribution in [-0.4, -0.2) is 29.9 Å². The van der Waals surface area contributed by atoms with Crippen LogP contribution in [0.3, 0.4) is 0 Å². The van der Waals surface area contributed by atoms with E-state index in [4.69, 9.17) is 14.6 Å². The molecule has 7 heteroatoms. The molecule has 4 rings (SSSR count). The SMILES string of the molecule is COc1cc(C)c(NC(=O)c2cc(-c3cccs3)nn2-c2ccccc2)cc1OC. The predicted molar refractivity (Wildman–Crippen MR) is 119 cm³/mol. The Morgan fingerprint density at radius 1 is 1.00 bits per heavy atom. The molecule has 1 amide bonds. The lowest BCUT2D eigenvalue weighted by molar-refractivity contribution is 0.101. The molecule has 4 aromatic rings. The van der Waals surface area contributed by atoms with Crippen molar-refractivity contribution in [2.75, 3.05) is 19.5 Å². The van der Waals surface area contributed by atoms with Crippen LogP contribution in [0.4, 0.5) is 5.69 Å². The second kappa shape index (κ2) is 8.42. The Balaban J connectivity index is 1.74. The first kappa shape index (κ1) is 19.7. The first-order valence-electron chi connectivity index (χ1n) is 9.34. The number of aryl methyl sites for hydroxylation is 1. The average molecular weight is 420 g/mol. The van der Waals surface area contributed by atoms with Crippen molar-refractivity contribution in [1.29, 1.82) is 0 Å². The lowest BCUT2D eigenvalue weighted by Crippen LogP contribution is -2.17. The van der Waals surface area contributed by atoms with Crippen LogP contribution in [-0.2, 0) is 0 Å². The van der Waals surface area contributed by atoms with E-state index in [2.05, 4.69) is 5.32 Å². The van der Waals surface area contributed by atoms with E-state index in [1.165, 1.54) is 0 Å². The number of thiophene rings is 1. The lowest BCUT2D eigenvalue weighted by atomic mass is 10.1. The molecule has 0 spiro atoms. The molecule has 0 saturated heterocycles. The van der Waals surface area contributed by atoms with Gasteiger partial charge >= 0.3 is 0 Å². The molecule has 2 aromatic heterocycles. The fourth-order valence-electron chi connectivity index (χ4n) is 3.16. The van der Waals surface area contributed by atoms with Crippen LogP contribution in [0.15, 0.2) is 66.0 Å². The molecule has 2 aromatic carbocycles. The quantitative estimate of drug-likeness (QED) is 0.468. The molecule has 0 atom stereocenters. The largest absolute Gasteiger partial charge is 0.493 e. The fraction of sp³-hybridized carbons (Fsp3) is 0.130. The predicted octanol–water partition coefficient (Wildman–Crippen LogP) is 5.18. The number of aromatic nitrogens is 2. The van der Waals surface area contributed by atoms with Crippen molar-refractivity contribution >= 4 is 22.9 Å². The molecule has 1 N–H and O–H groups in total. The maximum atomic E-state index is 13.3. The number of para-hydroxylation sites is 1. The molecule has 0 aliphatic carbocycles. The van der Waals surface area contributed by atoms with Gasteiger partial charge in [0, 0.05) is 11.8 Å². The van der Waals surface area contributed by atoms with E-state index in [1.54, 1.807) is 36.3 Å². The Hall–Kier alpha value is -3.58. The fourth-order valence-corrected chi connectivity index (χ4v) is 3.84. The summed E-state index contributed by atoms with van der Waals surface area (Å²) in [7, 11) is 3.15. The third-order valence-corrected chi connectivity index (χ3v) is 5.59. The standard InChI is InChI=1S/C23H21N3O3S/c1-15-12-20(28-2)21(29-3)14-17(15)24-23(27)19-13-18(22-10-7-11-30-22)25-26(19)16-8-5-4-6-9-16/h4-14H,1-3H3,(H,24,27). The van der Waals surface area contributed by atoms with Gasteiger partial charge in [-0.3, -0.25) is 4.79 Å². The topological polar surface area (TPSA) is 65.4 Å². The molecular weight excluding hydrogens is 398 g/mol. The van der Waals surface area contributed by atoms with Crippen molar-refractivity contribution in [3.8, 4) is 27.8 Å². The van der Waals surface area contributed by atoms with E-state index < -0.39 is 0 Å². The van der Waals surface area contributed by atoms with Gasteiger partial charge < -0.3 is 14.8 Å². The Morgan fingerprint density at radius 3 is 2.40 bits per heavy atom. The zero-order valence-corrected chi connectivity index (χ0v) is 17.7. The van der Waals surface area contributed by atoms with E-state index in [9.17, 15) is 4.79 Å². The Labute approximate surface area is 178 Å². The van der Waals surface area contributed by atoms with Crippen LogP contribution in [0, 0.1) is 6.92 Å². The molecule has 2 heterocycles. The van der Waals surface area contributed by atoms with Crippen LogP contribution in [0.5, 0.6) is 11.5 Å². The molecular formula is C23H21N3O3S. The first-order valence-corrected chi connectivity index (χ1v) is 10.2. The minimum atomic E-state index is -0.260. The van der Waals surface area contributed by atoms with E-state index in [1.807, 2.05) is 66.9 Å². The van der Waals surface area contributed by atoms with Crippen LogP contribution < -0.4 is 14.8 Å². The summed E-state index contributed by atoms with van der Waals surface area (Å²) in [6, 6.07) is 19.0. The number of hydrogen-bond acceptors (Lipinski definition) is 5. The van der Waals surface area contributed by atoms with Gasteiger partial charge in [-0.2, -0.15) is 5.10 Å². The Morgan fingerprint density at radius 2 is 1.73 bits per heavy atom. The van der Waals surface area contributed by atoms with E-state index in [-0.39, 0.29) is 5.91 Å². The molecule has 152 valence electrons. The zero-order valence-electron chi connectivity index (χ0n) is 16.9. The van der Waals surface area contributed by atoms with Crippen molar-refractivity contribution < 1.29 is 14.3 Å². The molecule has 0 radical (unpaired) electrons. The number of carbonyl (C=O) groups is 1. The van der Waals surface area contributed by atoms with Crippen LogP contribution in [0.1, 0.15) is 16.1 Å². The van der Waals surface area contributed by atoms with Gasteiger partial charge in [-0.15, -0.1) is 11.3 Å². The van der Waals surface area contributed by atoms with Crippen LogP contribution in [0.2, 0.25) is 0 Å². The maximum absolute atomic E-state index is 13.3. The average Bonchev–Trinajstić information content (AvgIpc) is 3.45. The number of amides is 1. The highest BCUT2D eigenvalue weighted by Gasteiger charge is 2.19. The maximum Gasteiger partial charge on any atom is 0.274 e. The smallest absolute Gasteiger partial charge is 0.274 e. The van der Waals surface area contributed by atoms with Gasteiger partial charge in [0.05, 0.1) is 24.8 Å². The van der Waals surface area contributed by atoms with Crippen LogP contribution >= 0.6 is 11.3 Å². The highest BCUT2D eigenvalue weighted by Crippen LogP contribution is 2.33. The Kier molecular flexibility index (Phi) is 5.54. The molecule has 0 bridgehead atoms. The number of nitrogens with zero attached hydrogens (tertiary/aromatic N) is 2. The van der Waals surface area contributed by atoms with Gasteiger partial charge in [0.1, 0.15) is 11.4 Å². The van der Waals surface area contributed by atoms with Gasteiger partial charge in [-0.05, 0) is 48.2 Å². The number of anilines is 1.